The van der Waals surface area contributed by atoms with Gasteiger partial charge in [-0.15, -0.1) is 0 Å². The van der Waals surface area contributed by atoms with Gasteiger partial charge < -0.3 is 5.73 Å². The van der Waals surface area contributed by atoms with Crippen LogP contribution in [0.1, 0.15) is 25.8 Å². The minimum Gasteiger partial charge on any atom is -0.330 e. The first-order valence-corrected chi connectivity index (χ1v) is 4.93. The maximum absolute atomic E-state index is 5.42. The average molecular weight is 232 g/mol. The van der Waals surface area contributed by atoms with Gasteiger partial charge in [0, 0.05) is 12.2 Å². The van der Waals surface area contributed by atoms with E-state index in [0.29, 0.717) is 6.04 Å². The molecule has 1 unspecified atom stereocenters. The van der Waals surface area contributed by atoms with Gasteiger partial charge in [-0.1, -0.05) is 0 Å². The Morgan fingerprint density at radius 2 is 2.50 bits per heavy atom. The molecule has 0 amide bonds. The maximum Gasteiger partial charge on any atom is 0.0632 e. The molecule has 0 fully saturated rings. The lowest BCUT2D eigenvalue weighted by Gasteiger charge is -2.10. The standard InChI is InChI=1S/C8H14BrN3/c1-7(3-2-4-10)12-6-8(9)5-11-12/h5-7H,2-4,10H2,1H3. The fraction of sp³-hybridized carbons (Fsp3) is 0.625. The van der Waals surface area contributed by atoms with Crippen molar-refractivity contribution in [2.45, 2.75) is 25.8 Å². The molecule has 1 aromatic rings. The van der Waals surface area contributed by atoms with Crippen molar-refractivity contribution >= 4 is 15.9 Å². The highest BCUT2D eigenvalue weighted by Crippen LogP contribution is 2.14. The second kappa shape index (κ2) is 4.62. The van der Waals surface area contributed by atoms with E-state index in [1.807, 2.05) is 10.9 Å². The fourth-order valence-electron chi connectivity index (χ4n) is 1.10. The predicted molar refractivity (Wildman–Crippen MR) is 52.9 cm³/mol. The Balaban J connectivity index is 2.47. The van der Waals surface area contributed by atoms with Gasteiger partial charge in [-0.25, -0.2) is 0 Å². The zero-order chi connectivity index (χ0) is 8.97. The van der Waals surface area contributed by atoms with E-state index in [0.717, 1.165) is 23.9 Å². The largest absolute Gasteiger partial charge is 0.330 e. The Morgan fingerprint density at radius 3 is 3.00 bits per heavy atom. The van der Waals surface area contributed by atoms with E-state index in [4.69, 9.17) is 5.73 Å². The second-order valence-corrected chi connectivity index (χ2v) is 3.83. The van der Waals surface area contributed by atoms with Gasteiger partial charge in [0.25, 0.3) is 0 Å². The van der Waals surface area contributed by atoms with E-state index in [9.17, 15) is 0 Å². The quantitative estimate of drug-likeness (QED) is 0.862. The van der Waals surface area contributed by atoms with Gasteiger partial charge in [0.2, 0.25) is 0 Å². The molecule has 0 aromatic carbocycles. The summed E-state index contributed by atoms with van der Waals surface area (Å²) in [5.74, 6) is 0. The van der Waals surface area contributed by atoms with Crippen LogP contribution in [0.3, 0.4) is 0 Å². The third-order valence-electron chi connectivity index (χ3n) is 1.85. The molecule has 0 spiro atoms. The van der Waals surface area contributed by atoms with Crippen molar-refractivity contribution in [1.29, 1.82) is 0 Å². The van der Waals surface area contributed by atoms with E-state index in [1.165, 1.54) is 0 Å². The summed E-state index contributed by atoms with van der Waals surface area (Å²) < 4.78 is 2.99. The molecule has 1 heterocycles. The number of rotatable bonds is 4. The van der Waals surface area contributed by atoms with Crippen molar-refractivity contribution < 1.29 is 0 Å². The molecular weight excluding hydrogens is 218 g/mol. The lowest BCUT2D eigenvalue weighted by molar-refractivity contribution is 0.449. The van der Waals surface area contributed by atoms with Gasteiger partial charge in [-0.3, -0.25) is 4.68 Å². The Labute approximate surface area is 81.1 Å². The molecule has 3 nitrogen and oxygen atoms in total. The van der Waals surface area contributed by atoms with Crippen LogP contribution in [0.15, 0.2) is 16.9 Å². The molecule has 0 aliphatic heterocycles. The molecule has 0 bridgehead atoms. The summed E-state index contributed by atoms with van der Waals surface area (Å²) in [5, 5.41) is 4.20. The van der Waals surface area contributed by atoms with Crippen LogP contribution >= 0.6 is 15.9 Å². The van der Waals surface area contributed by atoms with E-state index >= 15 is 0 Å². The SMILES string of the molecule is CC(CCCN)n1cc(Br)cn1. The van der Waals surface area contributed by atoms with Crippen LogP contribution in [0.5, 0.6) is 0 Å². The van der Waals surface area contributed by atoms with Crippen molar-refractivity contribution in [3.05, 3.63) is 16.9 Å². The fourth-order valence-corrected chi connectivity index (χ4v) is 1.40. The van der Waals surface area contributed by atoms with Crippen LogP contribution in [0.4, 0.5) is 0 Å². The highest BCUT2D eigenvalue weighted by Gasteiger charge is 2.04. The van der Waals surface area contributed by atoms with E-state index in [2.05, 4.69) is 28.0 Å². The van der Waals surface area contributed by atoms with Crippen LogP contribution in [0, 0.1) is 0 Å². The van der Waals surface area contributed by atoms with Crippen LogP contribution < -0.4 is 5.73 Å². The van der Waals surface area contributed by atoms with Gasteiger partial charge in [0.15, 0.2) is 0 Å². The summed E-state index contributed by atoms with van der Waals surface area (Å²) in [6.45, 7) is 2.90. The van der Waals surface area contributed by atoms with Crippen LogP contribution in [0.2, 0.25) is 0 Å². The highest BCUT2D eigenvalue weighted by atomic mass is 79.9. The van der Waals surface area contributed by atoms with Gasteiger partial charge in [-0.2, -0.15) is 5.10 Å². The first-order valence-electron chi connectivity index (χ1n) is 4.13. The van der Waals surface area contributed by atoms with Crippen LogP contribution in [-0.4, -0.2) is 16.3 Å². The lowest BCUT2D eigenvalue weighted by Crippen LogP contribution is -2.08. The molecule has 1 aromatic heterocycles. The number of aromatic nitrogens is 2. The summed E-state index contributed by atoms with van der Waals surface area (Å²) in [5.41, 5.74) is 5.42. The van der Waals surface area contributed by atoms with Crippen molar-refractivity contribution in [3.8, 4) is 0 Å². The third kappa shape index (κ3) is 2.60. The zero-order valence-electron chi connectivity index (χ0n) is 7.20. The molecule has 0 radical (unpaired) electrons. The van der Waals surface area contributed by atoms with Crippen molar-refractivity contribution in [2.24, 2.45) is 5.73 Å². The Kier molecular flexibility index (Phi) is 3.75. The predicted octanol–water partition coefficient (Wildman–Crippen LogP) is 1.95. The molecular formula is C8H14BrN3. The topological polar surface area (TPSA) is 43.8 Å². The van der Waals surface area contributed by atoms with Gasteiger partial charge in [-0.05, 0) is 42.2 Å². The monoisotopic (exact) mass is 231 g/mol. The Morgan fingerprint density at radius 1 is 1.75 bits per heavy atom. The van der Waals surface area contributed by atoms with Crippen molar-refractivity contribution in [2.75, 3.05) is 6.54 Å². The summed E-state index contributed by atoms with van der Waals surface area (Å²) in [4.78, 5) is 0. The summed E-state index contributed by atoms with van der Waals surface area (Å²) in [7, 11) is 0. The third-order valence-corrected chi connectivity index (χ3v) is 2.26. The lowest BCUT2D eigenvalue weighted by atomic mass is 10.2. The van der Waals surface area contributed by atoms with Crippen LogP contribution in [0.25, 0.3) is 0 Å². The number of hydrogen-bond acceptors (Lipinski definition) is 2. The molecule has 1 atom stereocenters. The summed E-state index contributed by atoms with van der Waals surface area (Å²) in [6.07, 6.45) is 5.93. The highest BCUT2D eigenvalue weighted by molar-refractivity contribution is 9.10. The minimum atomic E-state index is 0.444. The van der Waals surface area contributed by atoms with Gasteiger partial charge in [0.05, 0.1) is 10.7 Å². The number of nitrogens with two attached hydrogens (primary N) is 1. The van der Waals surface area contributed by atoms with Gasteiger partial charge in [0.1, 0.15) is 0 Å². The molecule has 0 saturated carbocycles. The van der Waals surface area contributed by atoms with Crippen molar-refractivity contribution in [1.82, 2.24) is 9.78 Å². The first-order chi connectivity index (χ1) is 5.74. The zero-order valence-corrected chi connectivity index (χ0v) is 8.79. The Hall–Kier alpha value is -0.350. The minimum absolute atomic E-state index is 0.444. The molecule has 4 heteroatoms. The first kappa shape index (κ1) is 9.74. The number of halogens is 1. The van der Waals surface area contributed by atoms with Gasteiger partial charge >= 0.3 is 0 Å². The van der Waals surface area contributed by atoms with E-state index in [-0.39, 0.29) is 0 Å². The van der Waals surface area contributed by atoms with Crippen molar-refractivity contribution in [3.63, 3.8) is 0 Å². The van der Waals surface area contributed by atoms with E-state index < -0.39 is 0 Å². The molecule has 0 aliphatic carbocycles. The average Bonchev–Trinajstić information content (AvgIpc) is 2.47. The number of nitrogens with zero attached hydrogens (tertiary/aromatic N) is 2. The summed E-state index contributed by atoms with van der Waals surface area (Å²) in [6, 6.07) is 0.444. The number of hydrogen-bond donors (Lipinski definition) is 1. The second-order valence-electron chi connectivity index (χ2n) is 2.92. The maximum atomic E-state index is 5.42. The summed E-state index contributed by atoms with van der Waals surface area (Å²) >= 11 is 3.36. The van der Waals surface area contributed by atoms with Crippen LogP contribution in [-0.2, 0) is 0 Å². The smallest absolute Gasteiger partial charge is 0.0632 e. The molecule has 2 N–H and O–H groups in total. The van der Waals surface area contributed by atoms with E-state index in [1.54, 1.807) is 6.20 Å². The molecule has 0 saturated heterocycles. The molecule has 1 rings (SSSR count). The normalized spacial score (nSPS) is 13.2. The molecule has 68 valence electrons. The molecule has 12 heavy (non-hydrogen) atoms. The molecule has 0 aliphatic rings. The Bertz CT molecular complexity index is 234.